The molecule has 106 valence electrons. The molecule has 0 spiro atoms. The number of methoxy groups -OCH3 is 1. The normalized spacial score (nSPS) is 10.4. The van der Waals surface area contributed by atoms with Crippen LogP contribution in [0.25, 0.3) is 0 Å². The molecule has 5 heteroatoms. The quantitative estimate of drug-likeness (QED) is 0.844. The monoisotopic (exact) mass is 338 g/mol. The summed E-state index contributed by atoms with van der Waals surface area (Å²) in [6, 6.07) is 6.52. The largest absolute Gasteiger partial charge is 0.496 e. The predicted octanol–water partition coefficient (Wildman–Crippen LogP) is 3.94. The molecule has 20 heavy (non-hydrogen) atoms. The Bertz CT molecular complexity index is 619. The van der Waals surface area contributed by atoms with E-state index < -0.39 is 0 Å². The fraction of sp³-hybridized carbons (Fsp3) is 0.267. The maximum absolute atomic E-state index is 13.4. The third-order valence-corrected chi connectivity index (χ3v) is 3.46. The summed E-state index contributed by atoms with van der Waals surface area (Å²) in [5, 5.41) is 0. The van der Waals surface area contributed by atoms with Crippen molar-refractivity contribution in [3.8, 4) is 5.75 Å². The zero-order valence-corrected chi connectivity index (χ0v) is 13.2. The molecule has 1 heterocycles. The Morgan fingerprint density at radius 2 is 2.10 bits per heavy atom. The van der Waals surface area contributed by atoms with Crippen molar-refractivity contribution in [3.63, 3.8) is 0 Å². The molecule has 0 N–H and O–H groups in total. The smallest absolute Gasteiger partial charge is 0.131 e. The van der Waals surface area contributed by atoms with Crippen LogP contribution in [0.1, 0.15) is 11.1 Å². The van der Waals surface area contributed by atoms with Gasteiger partial charge in [0.25, 0.3) is 0 Å². The number of rotatable bonds is 4. The van der Waals surface area contributed by atoms with Crippen LogP contribution in [0.15, 0.2) is 34.9 Å². The molecule has 0 unspecified atom stereocenters. The first-order valence-corrected chi connectivity index (χ1v) is 6.96. The summed E-state index contributed by atoms with van der Waals surface area (Å²) < 4.78 is 19.6. The van der Waals surface area contributed by atoms with Crippen LogP contribution in [-0.4, -0.2) is 19.1 Å². The van der Waals surface area contributed by atoms with Crippen molar-refractivity contribution in [2.45, 2.75) is 13.5 Å². The van der Waals surface area contributed by atoms with Crippen molar-refractivity contribution >= 4 is 21.7 Å². The third-order valence-electron chi connectivity index (χ3n) is 3.03. The second kappa shape index (κ2) is 6.22. The van der Waals surface area contributed by atoms with Crippen molar-refractivity contribution in [3.05, 3.63) is 51.9 Å². The van der Waals surface area contributed by atoms with E-state index >= 15 is 0 Å². The lowest BCUT2D eigenvalue weighted by molar-refractivity contribution is 0.408. The SMILES string of the molecule is COc1ccc(F)cc1CN(C)c1ncc(Br)cc1C. The van der Waals surface area contributed by atoms with Crippen LogP contribution in [0.4, 0.5) is 10.2 Å². The van der Waals surface area contributed by atoms with Crippen LogP contribution in [-0.2, 0) is 6.54 Å². The summed E-state index contributed by atoms with van der Waals surface area (Å²) >= 11 is 3.39. The molecule has 2 rings (SSSR count). The summed E-state index contributed by atoms with van der Waals surface area (Å²) in [5.41, 5.74) is 1.84. The number of aryl methyl sites for hydroxylation is 1. The number of halogens is 2. The van der Waals surface area contributed by atoms with Crippen molar-refractivity contribution < 1.29 is 9.13 Å². The number of aromatic nitrogens is 1. The summed E-state index contributed by atoms with van der Waals surface area (Å²) in [5.74, 6) is 1.27. The molecule has 0 bridgehead atoms. The fourth-order valence-electron chi connectivity index (χ4n) is 2.13. The summed E-state index contributed by atoms with van der Waals surface area (Å²) in [6.45, 7) is 2.52. The average molecular weight is 339 g/mol. The van der Waals surface area contributed by atoms with Gasteiger partial charge in [-0.3, -0.25) is 0 Å². The van der Waals surface area contributed by atoms with E-state index in [1.807, 2.05) is 24.9 Å². The van der Waals surface area contributed by atoms with E-state index in [1.165, 1.54) is 12.1 Å². The number of ether oxygens (including phenoxy) is 1. The van der Waals surface area contributed by atoms with Crippen molar-refractivity contribution in [1.82, 2.24) is 4.98 Å². The third kappa shape index (κ3) is 3.28. The van der Waals surface area contributed by atoms with E-state index in [0.717, 1.165) is 21.4 Å². The minimum Gasteiger partial charge on any atom is -0.496 e. The van der Waals surface area contributed by atoms with Crippen molar-refractivity contribution in [2.24, 2.45) is 0 Å². The van der Waals surface area contributed by atoms with Gasteiger partial charge in [0, 0.05) is 29.8 Å². The van der Waals surface area contributed by atoms with Gasteiger partial charge in [0.1, 0.15) is 17.4 Å². The van der Waals surface area contributed by atoms with E-state index in [0.29, 0.717) is 12.3 Å². The highest BCUT2D eigenvalue weighted by Gasteiger charge is 2.11. The van der Waals surface area contributed by atoms with E-state index in [4.69, 9.17) is 4.74 Å². The average Bonchev–Trinajstić information content (AvgIpc) is 2.38. The molecule has 0 saturated heterocycles. The first-order valence-electron chi connectivity index (χ1n) is 6.17. The Balaban J connectivity index is 2.27. The molecule has 1 aromatic heterocycles. The van der Waals surface area contributed by atoms with Gasteiger partial charge in [0.2, 0.25) is 0 Å². The van der Waals surface area contributed by atoms with Gasteiger partial charge in [-0.25, -0.2) is 9.37 Å². The molecule has 1 aromatic carbocycles. The van der Waals surface area contributed by atoms with Crippen LogP contribution >= 0.6 is 15.9 Å². The molecule has 2 aromatic rings. The summed E-state index contributed by atoms with van der Waals surface area (Å²) in [4.78, 5) is 6.37. The molecular formula is C15H16BrFN2O. The minimum atomic E-state index is -0.269. The van der Waals surface area contributed by atoms with Gasteiger partial charge in [-0.2, -0.15) is 0 Å². The molecule has 0 aliphatic heterocycles. The van der Waals surface area contributed by atoms with Crippen molar-refractivity contribution in [1.29, 1.82) is 0 Å². The first-order chi connectivity index (χ1) is 9.51. The van der Waals surface area contributed by atoms with E-state index in [1.54, 1.807) is 19.4 Å². The number of anilines is 1. The molecule has 0 amide bonds. The second-order valence-corrected chi connectivity index (χ2v) is 5.52. The Labute approximate surface area is 126 Å². The number of benzene rings is 1. The van der Waals surface area contributed by atoms with Gasteiger partial charge in [0.15, 0.2) is 0 Å². The molecule has 0 saturated carbocycles. The first kappa shape index (κ1) is 14.8. The molecule has 0 radical (unpaired) electrons. The summed E-state index contributed by atoms with van der Waals surface area (Å²) in [7, 11) is 3.51. The molecule has 3 nitrogen and oxygen atoms in total. The lowest BCUT2D eigenvalue weighted by Gasteiger charge is -2.21. The van der Waals surface area contributed by atoms with E-state index in [2.05, 4.69) is 20.9 Å². The Morgan fingerprint density at radius 3 is 2.75 bits per heavy atom. The summed E-state index contributed by atoms with van der Waals surface area (Å²) in [6.07, 6.45) is 1.75. The van der Waals surface area contributed by atoms with Gasteiger partial charge in [-0.15, -0.1) is 0 Å². The van der Waals surface area contributed by atoms with Gasteiger partial charge < -0.3 is 9.64 Å². The molecular weight excluding hydrogens is 323 g/mol. The van der Waals surface area contributed by atoms with Gasteiger partial charge in [-0.05, 0) is 52.7 Å². The Hall–Kier alpha value is -1.62. The minimum absolute atomic E-state index is 0.269. The predicted molar refractivity (Wildman–Crippen MR) is 81.7 cm³/mol. The van der Waals surface area contributed by atoms with Crippen molar-refractivity contribution in [2.75, 3.05) is 19.1 Å². The van der Waals surface area contributed by atoms with Gasteiger partial charge in [0.05, 0.1) is 7.11 Å². The van der Waals surface area contributed by atoms with Crippen LogP contribution in [0.5, 0.6) is 5.75 Å². The van der Waals surface area contributed by atoms with Crippen LogP contribution in [0.2, 0.25) is 0 Å². The lowest BCUT2D eigenvalue weighted by Crippen LogP contribution is -2.19. The zero-order valence-electron chi connectivity index (χ0n) is 11.7. The molecule has 0 fully saturated rings. The number of hydrogen-bond acceptors (Lipinski definition) is 3. The fourth-order valence-corrected chi connectivity index (χ4v) is 2.58. The Morgan fingerprint density at radius 1 is 1.35 bits per heavy atom. The van der Waals surface area contributed by atoms with Crippen LogP contribution in [0, 0.1) is 12.7 Å². The van der Waals surface area contributed by atoms with E-state index in [-0.39, 0.29) is 5.82 Å². The highest BCUT2D eigenvalue weighted by atomic mass is 79.9. The highest BCUT2D eigenvalue weighted by molar-refractivity contribution is 9.10. The zero-order chi connectivity index (χ0) is 14.7. The van der Waals surface area contributed by atoms with Crippen LogP contribution < -0.4 is 9.64 Å². The maximum Gasteiger partial charge on any atom is 0.131 e. The van der Waals surface area contributed by atoms with Crippen LogP contribution in [0.3, 0.4) is 0 Å². The van der Waals surface area contributed by atoms with E-state index in [9.17, 15) is 4.39 Å². The molecule has 0 atom stereocenters. The maximum atomic E-state index is 13.4. The van der Waals surface area contributed by atoms with Gasteiger partial charge in [-0.1, -0.05) is 0 Å². The second-order valence-electron chi connectivity index (χ2n) is 4.61. The number of nitrogens with zero attached hydrogens (tertiary/aromatic N) is 2. The van der Waals surface area contributed by atoms with Gasteiger partial charge >= 0.3 is 0 Å². The number of pyridine rings is 1. The molecule has 0 aliphatic carbocycles. The lowest BCUT2D eigenvalue weighted by atomic mass is 10.1. The number of hydrogen-bond donors (Lipinski definition) is 0. The molecule has 0 aliphatic rings. The Kier molecular flexibility index (Phi) is 4.60. The highest BCUT2D eigenvalue weighted by Crippen LogP contribution is 2.25. The topological polar surface area (TPSA) is 25.4 Å². The standard InChI is InChI=1S/C15H16BrFN2O/c1-10-6-12(16)8-18-15(10)19(2)9-11-7-13(17)4-5-14(11)20-3/h4-8H,9H2,1-3H3.